The number of nitro benzene ring substituents is 1. The number of non-ortho nitro benzene ring substituents is 1. The summed E-state index contributed by atoms with van der Waals surface area (Å²) in [5, 5.41) is 14.5. The lowest BCUT2D eigenvalue weighted by Gasteiger charge is -2.21. The quantitative estimate of drug-likeness (QED) is 0.274. The maximum atomic E-state index is 12.2. The fourth-order valence-electron chi connectivity index (χ4n) is 2.67. The number of hydrogen-bond acceptors (Lipinski definition) is 7. The highest BCUT2D eigenvalue weighted by atomic mass is 79.9. The minimum Gasteiger partial charge on any atom is -0.455 e. The zero-order chi connectivity index (χ0) is 23.3. The number of hydrazone groups is 1. The number of anilines is 1. The van der Waals surface area contributed by atoms with Crippen LogP contribution in [0, 0.1) is 10.1 Å². The number of halogens is 1. The molecule has 2 aromatic carbocycles. The van der Waals surface area contributed by atoms with E-state index in [-0.39, 0.29) is 5.69 Å². The van der Waals surface area contributed by atoms with Crippen molar-refractivity contribution in [3.05, 3.63) is 81.0 Å². The van der Waals surface area contributed by atoms with E-state index in [2.05, 4.69) is 26.5 Å². The van der Waals surface area contributed by atoms with Crippen LogP contribution in [-0.2, 0) is 14.8 Å². The number of rotatable bonds is 8. The van der Waals surface area contributed by atoms with Gasteiger partial charge in [-0.25, -0.2) is 13.8 Å². The lowest BCUT2D eigenvalue weighted by Crippen LogP contribution is -2.38. The molecule has 0 aliphatic heterocycles. The van der Waals surface area contributed by atoms with Gasteiger partial charge in [0.1, 0.15) is 18.1 Å². The van der Waals surface area contributed by atoms with Crippen molar-refractivity contribution in [2.45, 2.75) is 0 Å². The summed E-state index contributed by atoms with van der Waals surface area (Å²) in [7, 11) is -3.69. The number of sulfonamides is 1. The Balaban J connectivity index is 1.63. The van der Waals surface area contributed by atoms with Crippen molar-refractivity contribution >= 4 is 49.4 Å². The van der Waals surface area contributed by atoms with E-state index in [0.29, 0.717) is 22.8 Å². The summed E-state index contributed by atoms with van der Waals surface area (Å²) in [6, 6.07) is 15.6. The van der Waals surface area contributed by atoms with Crippen LogP contribution in [0.4, 0.5) is 11.4 Å². The summed E-state index contributed by atoms with van der Waals surface area (Å²) < 4.78 is 31.5. The SMILES string of the molecule is CS(=O)(=O)N(CC(=O)N/N=C\c1ccc(-c2ccc([N+](=O)[O-])cc2)o1)c1ccc(Br)cc1. The Bertz CT molecular complexity index is 1250. The maximum Gasteiger partial charge on any atom is 0.269 e. The van der Waals surface area contributed by atoms with Crippen LogP contribution in [0.25, 0.3) is 11.3 Å². The molecule has 0 bridgehead atoms. The van der Waals surface area contributed by atoms with Crippen molar-refractivity contribution in [3.8, 4) is 11.3 Å². The molecule has 0 atom stereocenters. The number of carbonyl (C=O) groups is 1. The highest BCUT2D eigenvalue weighted by molar-refractivity contribution is 9.10. The van der Waals surface area contributed by atoms with Crippen LogP contribution in [-0.4, -0.2) is 38.3 Å². The number of carbonyl (C=O) groups excluding carboxylic acids is 1. The molecule has 1 amide bonds. The Hall–Kier alpha value is -3.51. The molecule has 0 saturated carbocycles. The second-order valence-electron chi connectivity index (χ2n) is 6.55. The minimum atomic E-state index is -3.69. The number of furan rings is 1. The summed E-state index contributed by atoms with van der Waals surface area (Å²) in [6.07, 6.45) is 2.27. The van der Waals surface area contributed by atoms with Crippen LogP contribution in [0.15, 0.2) is 74.7 Å². The average molecular weight is 521 g/mol. The average Bonchev–Trinajstić information content (AvgIpc) is 3.21. The maximum absolute atomic E-state index is 12.2. The number of nitro groups is 1. The second-order valence-corrected chi connectivity index (χ2v) is 9.37. The molecule has 10 nitrogen and oxygen atoms in total. The van der Waals surface area contributed by atoms with E-state index in [9.17, 15) is 23.3 Å². The first kappa shape index (κ1) is 23.2. The minimum absolute atomic E-state index is 0.0314. The molecule has 0 fully saturated rings. The molecule has 3 aromatic rings. The summed E-state index contributed by atoms with van der Waals surface area (Å²) >= 11 is 3.28. The highest BCUT2D eigenvalue weighted by Crippen LogP contribution is 2.24. The van der Waals surface area contributed by atoms with Gasteiger partial charge in [0.2, 0.25) is 10.0 Å². The van der Waals surface area contributed by atoms with Gasteiger partial charge in [0.25, 0.3) is 11.6 Å². The first-order valence-corrected chi connectivity index (χ1v) is 11.7. The third-order valence-electron chi connectivity index (χ3n) is 4.17. The largest absolute Gasteiger partial charge is 0.455 e. The molecular formula is C20H17BrN4O6S. The third kappa shape index (κ3) is 6.02. The van der Waals surface area contributed by atoms with Gasteiger partial charge in [0.15, 0.2) is 0 Å². The normalized spacial score (nSPS) is 11.4. The fraction of sp³-hybridized carbons (Fsp3) is 0.100. The van der Waals surface area contributed by atoms with Gasteiger partial charge in [0, 0.05) is 22.2 Å². The first-order valence-electron chi connectivity index (χ1n) is 9.03. The van der Waals surface area contributed by atoms with Gasteiger partial charge in [-0.05, 0) is 48.5 Å². The molecule has 0 aliphatic carbocycles. The number of nitrogens with one attached hydrogen (secondary N) is 1. The molecule has 0 saturated heterocycles. The predicted molar refractivity (Wildman–Crippen MR) is 123 cm³/mol. The van der Waals surface area contributed by atoms with Gasteiger partial charge in [-0.15, -0.1) is 0 Å². The van der Waals surface area contributed by atoms with Crippen LogP contribution in [0.3, 0.4) is 0 Å². The van der Waals surface area contributed by atoms with Gasteiger partial charge in [0.05, 0.1) is 23.1 Å². The van der Waals surface area contributed by atoms with Crippen LogP contribution < -0.4 is 9.73 Å². The number of amides is 1. The van der Waals surface area contributed by atoms with Crippen LogP contribution >= 0.6 is 15.9 Å². The molecule has 0 aliphatic rings. The highest BCUT2D eigenvalue weighted by Gasteiger charge is 2.20. The Morgan fingerprint density at radius 3 is 2.41 bits per heavy atom. The summed E-state index contributed by atoms with van der Waals surface area (Å²) in [5.41, 5.74) is 3.21. The Morgan fingerprint density at radius 1 is 1.16 bits per heavy atom. The van der Waals surface area contributed by atoms with Crippen LogP contribution in [0.2, 0.25) is 0 Å². The van der Waals surface area contributed by atoms with Crippen molar-refractivity contribution in [2.24, 2.45) is 5.10 Å². The summed E-state index contributed by atoms with van der Waals surface area (Å²) in [5.74, 6) is 0.148. The number of benzene rings is 2. The zero-order valence-corrected chi connectivity index (χ0v) is 19.0. The standard InChI is InChI=1S/C20H17BrN4O6S/c1-32(29,30)24(16-8-4-15(21)5-9-16)13-20(26)23-22-12-18-10-11-19(31-18)14-2-6-17(7-3-14)25(27)28/h2-12H,13H2,1H3,(H,23,26)/b22-12-. The zero-order valence-electron chi connectivity index (χ0n) is 16.6. The Kier molecular flexibility index (Phi) is 7.05. The predicted octanol–water partition coefficient (Wildman–Crippen LogP) is 3.53. The molecule has 1 N–H and O–H groups in total. The number of hydrogen-bond donors (Lipinski definition) is 1. The monoisotopic (exact) mass is 520 g/mol. The van der Waals surface area contributed by atoms with Gasteiger partial charge >= 0.3 is 0 Å². The van der Waals surface area contributed by atoms with E-state index in [1.54, 1.807) is 48.5 Å². The van der Waals surface area contributed by atoms with Crippen molar-refractivity contribution in [1.82, 2.24) is 5.43 Å². The van der Waals surface area contributed by atoms with Gasteiger partial charge < -0.3 is 4.42 Å². The van der Waals surface area contributed by atoms with Crippen molar-refractivity contribution in [2.75, 3.05) is 17.1 Å². The van der Waals surface area contributed by atoms with Gasteiger partial charge in [-0.1, -0.05) is 15.9 Å². The molecular weight excluding hydrogens is 504 g/mol. The van der Waals surface area contributed by atoms with E-state index >= 15 is 0 Å². The molecule has 0 spiro atoms. The van der Waals surface area contributed by atoms with Crippen molar-refractivity contribution in [1.29, 1.82) is 0 Å². The molecule has 12 heteroatoms. The lowest BCUT2D eigenvalue weighted by molar-refractivity contribution is -0.384. The smallest absolute Gasteiger partial charge is 0.269 e. The fourth-order valence-corrected chi connectivity index (χ4v) is 3.79. The second kappa shape index (κ2) is 9.75. The van der Waals surface area contributed by atoms with E-state index in [0.717, 1.165) is 15.0 Å². The molecule has 0 unspecified atom stereocenters. The van der Waals surface area contributed by atoms with Crippen molar-refractivity contribution in [3.63, 3.8) is 0 Å². The van der Waals surface area contributed by atoms with E-state index < -0.39 is 27.4 Å². The van der Waals surface area contributed by atoms with E-state index in [4.69, 9.17) is 4.42 Å². The van der Waals surface area contributed by atoms with Crippen LogP contribution in [0.1, 0.15) is 5.76 Å². The topological polar surface area (TPSA) is 135 Å². The van der Waals surface area contributed by atoms with Gasteiger partial charge in [-0.3, -0.25) is 19.2 Å². The first-order chi connectivity index (χ1) is 15.1. The lowest BCUT2D eigenvalue weighted by atomic mass is 10.1. The Morgan fingerprint density at radius 2 is 1.81 bits per heavy atom. The van der Waals surface area contributed by atoms with Gasteiger partial charge in [-0.2, -0.15) is 5.10 Å². The molecule has 1 heterocycles. The molecule has 1 aromatic heterocycles. The Labute approximate surface area is 191 Å². The molecule has 166 valence electrons. The summed E-state index contributed by atoms with van der Waals surface area (Å²) in [4.78, 5) is 22.5. The summed E-state index contributed by atoms with van der Waals surface area (Å²) in [6.45, 7) is -0.454. The van der Waals surface area contributed by atoms with E-state index in [1.165, 1.54) is 18.3 Å². The molecule has 3 rings (SSSR count). The van der Waals surface area contributed by atoms with Crippen LogP contribution in [0.5, 0.6) is 0 Å². The molecule has 32 heavy (non-hydrogen) atoms. The number of nitrogens with zero attached hydrogens (tertiary/aromatic N) is 3. The molecule has 0 radical (unpaired) electrons. The third-order valence-corrected chi connectivity index (χ3v) is 5.84. The van der Waals surface area contributed by atoms with E-state index in [1.807, 2.05) is 0 Å². The van der Waals surface area contributed by atoms with Crippen molar-refractivity contribution < 1.29 is 22.6 Å².